The molecule has 0 radical (unpaired) electrons. The van der Waals surface area contributed by atoms with Crippen LogP contribution in [0.4, 0.5) is 0 Å². The summed E-state index contributed by atoms with van der Waals surface area (Å²) in [4.78, 5) is 11.1. The molecule has 0 amide bonds. The van der Waals surface area contributed by atoms with Gasteiger partial charge in [0.15, 0.2) is 5.96 Å². The SMILES string of the molecule is CN=C(NCc1ccccc1OC(C)(C)C)N(C)Cc1csc(C(C)OC)n1. The Labute approximate surface area is 172 Å². The van der Waals surface area contributed by atoms with Crippen molar-refractivity contribution in [3.8, 4) is 5.75 Å². The Morgan fingerprint density at radius 1 is 1.32 bits per heavy atom. The molecule has 154 valence electrons. The number of methoxy groups -OCH3 is 1. The third-order valence-electron chi connectivity index (χ3n) is 4.07. The summed E-state index contributed by atoms with van der Waals surface area (Å²) in [5.74, 6) is 1.69. The average Bonchev–Trinajstić information content (AvgIpc) is 3.10. The molecule has 1 aromatic heterocycles. The number of ether oxygens (including phenoxy) is 2. The summed E-state index contributed by atoms with van der Waals surface area (Å²) in [6.45, 7) is 9.46. The van der Waals surface area contributed by atoms with Crippen molar-refractivity contribution in [3.63, 3.8) is 0 Å². The van der Waals surface area contributed by atoms with Crippen LogP contribution < -0.4 is 10.1 Å². The highest BCUT2D eigenvalue weighted by atomic mass is 32.1. The highest BCUT2D eigenvalue weighted by molar-refractivity contribution is 7.09. The molecule has 0 aliphatic heterocycles. The first kappa shape index (κ1) is 22.2. The third kappa shape index (κ3) is 6.49. The number of aromatic nitrogens is 1. The lowest BCUT2D eigenvalue weighted by atomic mass is 10.1. The number of aliphatic imine (C=N–C) groups is 1. The molecule has 1 atom stereocenters. The van der Waals surface area contributed by atoms with E-state index in [0.717, 1.165) is 28.0 Å². The van der Waals surface area contributed by atoms with Crippen LogP contribution in [-0.2, 0) is 17.8 Å². The van der Waals surface area contributed by atoms with E-state index in [9.17, 15) is 0 Å². The van der Waals surface area contributed by atoms with Gasteiger partial charge in [0.25, 0.3) is 0 Å². The van der Waals surface area contributed by atoms with Crippen molar-refractivity contribution in [2.75, 3.05) is 21.2 Å². The van der Waals surface area contributed by atoms with Crippen molar-refractivity contribution in [2.24, 2.45) is 4.99 Å². The van der Waals surface area contributed by atoms with Gasteiger partial charge in [-0.25, -0.2) is 4.98 Å². The summed E-state index contributed by atoms with van der Waals surface area (Å²) < 4.78 is 11.4. The lowest BCUT2D eigenvalue weighted by Gasteiger charge is -2.25. The predicted octanol–water partition coefficient (Wildman–Crippen LogP) is 4.24. The zero-order valence-corrected chi connectivity index (χ0v) is 18.8. The zero-order valence-electron chi connectivity index (χ0n) is 17.9. The molecule has 1 heterocycles. The topological polar surface area (TPSA) is 59.0 Å². The Bertz CT molecular complexity index is 783. The van der Waals surface area contributed by atoms with Crippen molar-refractivity contribution >= 4 is 17.3 Å². The number of benzene rings is 1. The van der Waals surface area contributed by atoms with Crippen LogP contribution in [0.2, 0.25) is 0 Å². The predicted molar refractivity (Wildman–Crippen MR) is 116 cm³/mol. The monoisotopic (exact) mass is 404 g/mol. The van der Waals surface area contributed by atoms with E-state index in [-0.39, 0.29) is 11.7 Å². The maximum Gasteiger partial charge on any atom is 0.194 e. The third-order valence-corrected chi connectivity index (χ3v) is 5.12. The van der Waals surface area contributed by atoms with Gasteiger partial charge < -0.3 is 19.7 Å². The molecule has 2 aromatic rings. The van der Waals surface area contributed by atoms with Crippen LogP contribution in [0, 0.1) is 0 Å². The van der Waals surface area contributed by atoms with Crippen molar-refractivity contribution in [3.05, 3.63) is 45.9 Å². The second-order valence-corrected chi connectivity index (χ2v) is 8.52. The number of nitrogens with zero attached hydrogens (tertiary/aromatic N) is 3. The maximum atomic E-state index is 6.08. The molecule has 0 aliphatic carbocycles. The standard InChI is InChI=1S/C21H32N4O2S/c1-15(26-7)19-24-17(14-28-19)13-25(6)20(22-5)23-12-16-10-8-9-11-18(16)27-21(2,3)4/h8-11,14-15H,12-13H2,1-7H3,(H,22,23). The molecule has 0 spiro atoms. The van der Waals surface area contributed by atoms with Gasteiger partial charge in [-0.05, 0) is 33.8 Å². The first-order valence-corrected chi connectivity index (χ1v) is 10.3. The van der Waals surface area contributed by atoms with E-state index in [1.54, 1.807) is 25.5 Å². The number of rotatable bonds is 7. The first-order valence-electron chi connectivity index (χ1n) is 9.39. The number of hydrogen-bond donors (Lipinski definition) is 1. The van der Waals surface area contributed by atoms with E-state index >= 15 is 0 Å². The van der Waals surface area contributed by atoms with Gasteiger partial charge in [-0.15, -0.1) is 11.3 Å². The van der Waals surface area contributed by atoms with Gasteiger partial charge in [0.05, 0.1) is 12.2 Å². The zero-order chi connectivity index (χ0) is 20.7. The number of para-hydroxylation sites is 1. The molecule has 7 heteroatoms. The van der Waals surface area contributed by atoms with Gasteiger partial charge in [-0.3, -0.25) is 4.99 Å². The fourth-order valence-corrected chi connectivity index (χ4v) is 3.48. The molecule has 0 saturated heterocycles. The lowest BCUT2D eigenvalue weighted by molar-refractivity contribution is 0.119. The van der Waals surface area contributed by atoms with Crippen LogP contribution in [0.5, 0.6) is 5.75 Å². The molecule has 6 nitrogen and oxygen atoms in total. The number of hydrogen-bond acceptors (Lipinski definition) is 5. The van der Waals surface area contributed by atoms with Crippen LogP contribution in [-0.4, -0.2) is 42.6 Å². The van der Waals surface area contributed by atoms with E-state index in [2.05, 4.69) is 52.4 Å². The molecular weight excluding hydrogens is 372 g/mol. The summed E-state index contributed by atoms with van der Waals surface area (Å²) >= 11 is 1.62. The summed E-state index contributed by atoms with van der Waals surface area (Å²) in [5.41, 5.74) is 1.86. The molecule has 2 rings (SSSR count). The Hall–Kier alpha value is -2.12. The smallest absolute Gasteiger partial charge is 0.194 e. The average molecular weight is 405 g/mol. The van der Waals surface area contributed by atoms with E-state index < -0.39 is 0 Å². The molecule has 1 N–H and O–H groups in total. The fraction of sp³-hybridized carbons (Fsp3) is 0.524. The Balaban J connectivity index is 2.00. The number of thiazole rings is 1. The quantitative estimate of drug-likeness (QED) is 0.553. The highest BCUT2D eigenvalue weighted by Gasteiger charge is 2.16. The van der Waals surface area contributed by atoms with Crippen LogP contribution in [0.15, 0.2) is 34.6 Å². The van der Waals surface area contributed by atoms with E-state index in [1.165, 1.54) is 0 Å². The largest absolute Gasteiger partial charge is 0.488 e. The normalized spacial score (nSPS) is 13.3. The summed E-state index contributed by atoms with van der Waals surface area (Å²) in [5, 5.41) is 6.48. The van der Waals surface area contributed by atoms with E-state index in [0.29, 0.717) is 13.1 Å². The summed E-state index contributed by atoms with van der Waals surface area (Å²) in [6.07, 6.45) is 0.0146. The van der Waals surface area contributed by atoms with Gasteiger partial charge >= 0.3 is 0 Å². The Morgan fingerprint density at radius 2 is 2.04 bits per heavy atom. The van der Waals surface area contributed by atoms with Gasteiger partial charge in [-0.2, -0.15) is 0 Å². The minimum Gasteiger partial charge on any atom is -0.488 e. The molecule has 0 fully saturated rings. The van der Waals surface area contributed by atoms with Crippen LogP contribution >= 0.6 is 11.3 Å². The number of nitrogens with one attached hydrogen (secondary N) is 1. The van der Waals surface area contributed by atoms with Crippen LogP contribution in [0.1, 0.15) is 50.1 Å². The lowest BCUT2D eigenvalue weighted by Crippen LogP contribution is -2.38. The summed E-state index contributed by atoms with van der Waals surface area (Å²) in [7, 11) is 5.49. The Morgan fingerprint density at radius 3 is 2.68 bits per heavy atom. The minimum atomic E-state index is -0.240. The van der Waals surface area contributed by atoms with Gasteiger partial charge in [0.1, 0.15) is 22.5 Å². The van der Waals surface area contributed by atoms with Crippen LogP contribution in [0.25, 0.3) is 0 Å². The van der Waals surface area contributed by atoms with Gasteiger partial charge in [0.2, 0.25) is 0 Å². The molecule has 1 aromatic carbocycles. The second-order valence-electron chi connectivity index (χ2n) is 7.63. The Kier molecular flexibility index (Phi) is 7.83. The summed E-state index contributed by atoms with van der Waals surface area (Å²) in [6, 6.07) is 8.09. The first-order chi connectivity index (χ1) is 13.2. The number of guanidine groups is 1. The molecule has 0 saturated carbocycles. The van der Waals surface area contributed by atoms with Gasteiger partial charge in [-0.1, -0.05) is 18.2 Å². The highest BCUT2D eigenvalue weighted by Crippen LogP contribution is 2.23. The fourth-order valence-electron chi connectivity index (χ4n) is 2.64. The van der Waals surface area contributed by atoms with Gasteiger partial charge in [0, 0.05) is 38.7 Å². The minimum absolute atomic E-state index is 0.0146. The van der Waals surface area contributed by atoms with E-state index in [1.807, 2.05) is 32.2 Å². The van der Waals surface area contributed by atoms with Crippen LogP contribution in [0.3, 0.4) is 0 Å². The van der Waals surface area contributed by atoms with Crippen molar-refractivity contribution in [1.82, 2.24) is 15.2 Å². The molecule has 1 unspecified atom stereocenters. The van der Waals surface area contributed by atoms with E-state index in [4.69, 9.17) is 9.47 Å². The maximum absolute atomic E-state index is 6.08. The van der Waals surface area contributed by atoms with Crippen molar-refractivity contribution in [2.45, 2.75) is 52.5 Å². The molecule has 0 aliphatic rings. The van der Waals surface area contributed by atoms with Crippen molar-refractivity contribution in [1.29, 1.82) is 0 Å². The molecular formula is C21H32N4O2S. The molecule has 28 heavy (non-hydrogen) atoms. The van der Waals surface area contributed by atoms with Crippen molar-refractivity contribution < 1.29 is 9.47 Å². The molecule has 0 bridgehead atoms. The second kappa shape index (κ2) is 9.89.